The van der Waals surface area contributed by atoms with Crippen molar-refractivity contribution in [3.63, 3.8) is 0 Å². The van der Waals surface area contributed by atoms with E-state index in [0.29, 0.717) is 0 Å². The molecule has 0 spiro atoms. The van der Waals surface area contributed by atoms with E-state index in [4.69, 9.17) is 11.6 Å². The molecule has 0 aliphatic carbocycles. The van der Waals surface area contributed by atoms with Gasteiger partial charge >= 0.3 is 0 Å². The van der Waals surface area contributed by atoms with Crippen LogP contribution in [0.1, 0.15) is 18.4 Å². The Morgan fingerprint density at radius 1 is 1.04 bits per heavy atom. The number of para-hydroxylation sites is 1. The van der Waals surface area contributed by atoms with E-state index in [1.54, 1.807) is 0 Å². The van der Waals surface area contributed by atoms with Crippen molar-refractivity contribution in [2.45, 2.75) is 29.1 Å². The fourth-order valence-electron chi connectivity index (χ4n) is 3.31. The molecule has 5 heteroatoms. The molecule has 2 heterocycles. The number of fused-ring (bicyclic) bond motifs is 2. The van der Waals surface area contributed by atoms with Crippen LogP contribution in [0.15, 0.2) is 46.2 Å². The average molecular weight is 367 g/mol. The van der Waals surface area contributed by atoms with Crippen LogP contribution in [0.25, 0.3) is 0 Å². The van der Waals surface area contributed by atoms with Gasteiger partial charge in [0.05, 0.1) is 11.4 Å². The maximum atomic E-state index is 6.54. The quantitative estimate of drug-likeness (QED) is 0.624. The second-order valence-corrected chi connectivity index (χ2v) is 7.51. The van der Waals surface area contributed by atoms with Gasteiger partial charge in [-0.3, -0.25) is 0 Å². The molecule has 0 unspecified atom stereocenters. The summed E-state index contributed by atoms with van der Waals surface area (Å²) in [4.78, 5) is 2.57. The third-order valence-corrected chi connectivity index (χ3v) is 6.03. The molecule has 2 aliphatic heterocycles. The fraction of sp³-hybridized carbons (Fsp3) is 0.333. The molecule has 0 bridgehead atoms. The van der Waals surface area contributed by atoms with Crippen molar-refractivity contribution in [1.29, 1.82) is 0 Å². The zero-order valence-electron chi connectivity index (χ0n) is 12.8. The van der Waals surface area contributed by atoms with Crippen molar-refractivity contribution in [3.8, 4) is 0 Å². The standard InChI is InChI=1S/C18H19ClN2S.ClH/c19-14-5-6-17-18(13(14)11-12-7-9-20-10-8-12)21-15-3-1-2-4-16(15)22-17;/h1-6,12,20-21H,7-11H2;1H. The van der Waals surface area contributed by atoms with Gasteiger partial charge in [-0.1, -0.05) is 35.5 Å². The van der Waals surface area contributed by atoms with Crippen LogP contribution < -0.4 is 10.6 Å². The predicted octanol–water partition coefficient (Wildman–Crippen LogP) is 5.51. The van der Waals surface area contributed by atoms with Gasteiger partial charge in [0.2, 0.25) is 0 Å². The molecule has 2 aromatic carbocycles. The van der Waals surface area contributed by atoms with E-state index in [2.05, 4.69) is 47.0 Å². The lowest BCUT2D eigenvalue weighted by Gasteiger charge is -2.27. The lowest BCUT2D eigenvalue weighted by Crippen LogP contribution is -2.28. The number of piperidine rings is 1. The molecular weight excluding hydrogens is 347 g/mol. The first-order valence-corrected chi connectivity index (χ1v) is 9.07. The van der Waals surface area contributed by atoms with Crippen LogP contribution in [0.5, 0.6) is 0 Å². The highest BCUT2D eigenvalue weighted by atomic mass is 35.5. The first kappa shape index (κ1) is 17.0. The van der Waals surface area contributed by atoms with Crippen molar-refractivity contribution in [2.75, 3.05) is 18.4 Å². The first-order chi connectivity index (χ1) is 10.8. The number of nitrogens with one attached hydrogen (secondary N) is 2. The monoisotopic (exact) mass is 366 g/mol. The average Bonchev–Trinajstić information content (AvgIpc) is 2.57. The molecular formula is C18H20Cl2N2S. The summed E-state index contributed by atoms with van der Waals surface area (Å²) in [5.41, 5.74) is 3.69. The van der Waals surface area contributed by atoms with Gasteiger partial charge in [-0.25, -0.2) is 0 Å². The van der Waals surface area contributed by atoms with E-state index in [9.17, 15) is 0 Å². The van der Waals surface area contributed by atoms with Crippen molar-refractivity contribution in [3.05, 3.63) is 47.0 Å². The Morgan fingerprint density at radius 2 is 1.83 bits per heavy atom. The number of benzene rings is 2. The molecule has 4 rings (SSSR count). The van der Waals surface area contributed by atoms with E-state index in [1.165, 1.54) is 39.6 Å². The number of hydrogen-bond acceptors (Lipinski definition) is 3. The number of anilines is 2. The van der Waals surface area contributed by atoms with Crippen LogP contribution in [0, 0.1) is 5.92 Å². The van der Waals surface area contributed by atoms with E-state index < -0.39 is 0 Å². The summed E-state index contributed by atoms with van der Waals surface area (Å²) in [7, 11) is 0. The largest absolute Gasteiger partial charge is 0.353 e. The molecule has 0 radical (unpaired) electrons. The Bertz CT molecular complexity index is 699. The third kappa shape index (κ3) is 3.48. The normalized spacial score (nSPS) is 16.7. The maximum absolute atomic E-state index is 6.54. The Hall–Kier alpha value is -0.870. The summed E-state index contributed by atoms with van der Waals surface area (Å²) >= 11 is 8.38. The minimum absolute atomic E-state index is 0. The highest BCUT2D eigenvalue weighted by Crippen LogP contribution is 2.47. The molecule has 23 heavy (non-hydrogen) atoms. The number of halogens is 2. The zero-order valence-corrected chi connectivity index (χ0v) is 15.2. The number of rotatable bonds is 2. The second kappa shape index (κ2) is 7.35. The molecule has 2 N–H and O–H groups in total. The summed E-state index contributed by atoms with van der Waals surface area (Å²) < 4.78 is 0. The summed E-state index contributed by atoms with van der Waals surface area (Å²) in [6.45, 7) is 2.25. The fourth-order valence-corrected chi connectivity index (χ4v) is 4.57. The smallest absolute Gasteiger partial charge is 0.0573 e. The highest BCUT2D eigenvalue weighted by Gasteiger charge is 2.23. The molecule has 2 nitrogen and oxygen atoms in total. The SMILES string of the molecule is Cl.Clc1ccc2c(c1CC1CCNCC1)Nc1ccccc1S2. The Kier molecular flexibility index (Phi) is 5.42. The van der Waals surface area contributed by atoms with E-state index in [-0.39, 0.29) is 12.4 Å². The van der Waals surface area contributed by atoms with Gasteiger partial charge in [-0.15, -0.1) is 12.4 Å². The first-order valence-electron chi connectivity index (χ1n) is 7.87. The molecule has 0 saturated carbocycles. The topological polar surface area (TPSA) is 24.1 Å². The van der Waals surface area contributed by atoms with E-state index >= 15 is 0 Å². The summed E-state index contributed by atoms with van der Waals surface area (Å²) in [6, 6.07) is 12.7. The molecule has 0 aromatic heterocycles. The van der Waals surface area contributed by atoms with Gasteiger partial charge in [0, 0.05) is 14.8 Å². The molecule has 122 valence electrons. The van der Waals surface area contributed by atoms with Crippen LogP contribution >= 0.6 is 35.8 Å². The van der Waals surface area contributed by atoms with Gasteiger partial charge in [-0.05, 0) is 68.1 Å². The minimum Gasteiger partial charge on any atom is -0.353 e. The Labute approximate surface area is 152 Å². The number of hydrogen-bond donors (Lipinski definition) is 2. The van der Waals surface area contributed by atoms with Gasteiger partial charge in [0.15, 0.2) is 0 Å². The van der Waals surface area contributed by atoms with E-state index in [1.807, 2.05) is 11.8 Å². The van der Waals surface area contributed by atoms with E-state index in [0.717, 1.165) is 30.5 Å². The molecule has 2 aliphatic rings. The van der Waals surface area contributed by atoms with Crippen LogP contribution in [0.2, 0.25) is 5.02 Å². The predicted molar refractivity (Wildman–Crippen MR) is 102 cm³/mol. The van der Waals surface area contributed by atoms with Crippen LogP contribution in [-0.4, -0.2) is 13.1 Å². The van der Waals surface area contributed by atoms with Crippen molar-refractivity contribution in [2.24, 2.45) is 5.92 Å². The lowest BCUT2D eigenvalue weighted by atomic mass is 9.90. The second-order valence-electron chi connectivity index (χ2n) is 6.02. The lowest BCUT2D eigenvalue weighted by molar-refractivity contribution is 0.373. The van der Waals surface area contributed by atoms with Crippen LogP contribution in [0.4, 0.5) is 11.4 Å². The summed E-state index contributed by atoms with van der Waals surface area (Å²) in [6.07, 6.45) is 3.55. The highest BCUT2D eigenvalue weighted by molar-refractivity contribution is 7.99. The minimum atomic E-state index is 0. The molecule has 0 atom stereocenters. The zero-order chi connectivity index (χ0) is 14.9. The van der Waals surface area contributed by atoms with Crippen LogP contribution in [-0.2, 0) is 6.42 Å². The summed E-state index contributed by atoms with van der Waals surface area (Å²) in [5, 5.41) is 7.95. The summed E-state index contributed by atoms with van der Waals surface area (Å²) in [5.74, 6) is 0.731. The van der Waals surface area contributed by atoms with Crippen molar-refractivity contribution in [1.82, 2.24) is 5.32 Å². The Morgan fingerprint density at radius 3 is 2.65 bits per heavy atom. The van der Waals surface area contributed by atoms with Crippen molar-refractivity contribution < 1.29 is 0 Å². The van der Waals surface area contributed by atoms with Crippen molar-refractivity contribution >= 4 is 47.1 Å². The molecule has 0 amide bonds. The van der Waals surface area contributed by atoms with Gasteiger partial charge in [0.1, 0.15) is 0 Å². The Balaban J connectivity index is 0.00000156. The van der Waals surface area contributed by atoms with Gasteiger partial charge < -0.3 is 10.6 Å². The molecule has 1 fully saturated rings. The third-order valence-electron chi connectivity index (χ3n) is 4.54. The maximum Gasteiger partial charge on any atom is 0.0573 e. The van der Waals surface area contributed by atoms with Crippen LogP contribution in [0.3, 0.4) is 0 Å². The van der Waals surface area contributed by atoms with Gasteiger partial charge in [0.25, 0.3) is 0 Å². The van der Waals surface area contributed by atoms with Gasteiger partial charge in [-0.2, -0.15) is 0 Å². The molecule has 1 saturated heterocycles. The molecule has 2 aromatic rings.